The number of aryl methyl sites for hydroxylation is 1. The minimum atomic E-state index is 0.349. The zero-order valence-electron chi connectivity index (χ0n) is 16.7. The SMILES string of the molecule is c1ccc([C@@H]2CCc3nc4ccc(-c5cnc(N6CCOCC6)nc5)cc4n32)cc1. The van der Waals surface area contributed by atoms with E-state index in [0.29, 0.717) is 6.04 Å². The second-order valence-electron chi connectivity index (χ2n) is 7.94. The fourth-order valence-corrected chi connectivity index (χ4v) is 4.63. The summed E-state index contributed by atoms with van der Waals surface area (Å²) < 4.78 is 7.83. The van der Waals surface area contributed by atoms with E-state index in [0.717, 1.165) is 61.7 Å². The van der Waals surface area contributed by atoms with Crippen LogP contribution in [0.3, 0.4) is 0 Å². The van der Waals surface area contributed by atoms with Gasteiger partial charge in [0.05, 0.1) is 30.3 Å². The number of hydrogen-bond donors (Lipinski definition) is 0. The molecule has 6 rings (SSSR count). The average Bonchev–Trinajstić information content (AvgIpc) is 3.39. The molecule has 0 saturated carbocycles. The zero-order valence-corrected chi connectivity index (χ0v) is 16.7. The predicted octanol–water partition coefficient (Wildman–Crippen LogP) is 3.87. The van der Waals surface area contributed by atoms with Crippen LogP contribution in [0.2, 0.25) is 0 Å². The van der Waals surface area contributed by atoms with E-state index in [1.165, 1.54) is 16.9 Å². The van der Waals surface area contributed by atoms with Crippen LogP contribution in [0.25, 0.3) is 22.2 Å². The Kier molecular flexibility index (Phi) is 4.23. The quantitative estimate of drug-likeness (QED) is 0.525. The molecule has 0 aliphatic carbocycles. The molecule has 0 amide bonds. The van der Waals surface area contributed by atoms with E-state index in [1.54, 1.807) is 0 Å². The van der Waals surface area contributed by atoms with Crippen molar-refractivity contribution in [2.24, 2.45) is 0 Å². The molecule has 0 bridgehead atoms. The molecule has 4 heterocycles. The van der Waals surface area contributed by atoms with Crippen LogP contribution < -0.4 is 4.90 Å². The van der Waals surface area contributed by atoms with E-state index in [1.807, 2.05) is 12.4 Å². The molecule has 0 unspecified atom stereocenters. The van der Waals surface area contributed by atoms with Crippen molar-refractivity contribution in [2.45, 2.75) is 18.9 Å². The maximum atomic E-state index is 5.42. The molecule has 2 aromatic heterocycles. The molecule has 2 aliphatic rings. The van der Waals surface area contributed by atoms with Crippen molar-refractivity contribution in [1.29, 1.82) is 0 Å². The first-order valence-corrected chi connectivity index (χ1v) is 10.6. The summed E-state index contributed by atoms with van der Waals surface area (Å²) in [5.41, 5.74) is 5.74. The van der Waals surface area contributed by atoms with Gasteiger partial charge in [0.1, 0.15) is 5.82 Å². The van der Waals surface area contributed by atoms with Gasteiger partial charge in [-0.25, -0.2) is 15.0 Å². The van der Waals surface area contributed by atoms with Crippen molar-refractivity contribution in [3.8, 4) is 11.1 Å². The van der Waals surface area contributed by atoms with Gasteiger partial charge in [0.15, 0.2) is 0 Å². The van der Waals surface area contributed by atoms with E-state index in [4.69, 9.17) is 9.72 Å². The van der Waals surface area contributed by atoms with Crippen molar-refractivity contribution >= 4 is 17.0 Å². The highest BCUT2D eigenvalue weighted by molar-refractivity contribution is 5.83. The highest BCUT2D eigenvalue weighted by Gasteiger charge is 2.27. The number of fused-ring (bicyclic) bond motifs is 3. The third-order valence-electron chi connectivity index (χ3n) is 6.17. The number of hydrogen-bond acceptors (Lipinski definition) is 5. The summed E-state index contributed by atoms with van der Waals surface area (Å²) >= 11 is 0. The molecule has 1 fully saturated rings. The molecule has 4 aromatic rings. The number of anilines is 1. The van der Waals surface area contributed by atoms with Crippen LogP contribution in [0.1, 0.15) is 23.9 Å². The Morgan fingerprint density at radius 3 is 2.50 bits per heavy atom. The lowest BCUT2D eigenvalue weighted by Crippen LogP contribution is -2.37. The maximum absolute atomic E-state index is 5.42. The number of rotatable bonds is 3. The van der Waals surface area contributed by atoms with Gasteiger partial charge in [-0.15, -0.1) is 0 Å². The first-order valence-electron chi connectivity index (χ1n) is 10.6. The molecule has 0 radical (unpaired) electrons. The summed E-state index contributed by atoms with van der Waals surface area (Å²) in [5, 5.41) is 0. The summed E-state index contributed by atoms with van der Waals surface area (Å²) in [5.74, 6) is 1.95. The van der Waals surface area contributed by atoms with E-state index < -0.39 is 0 Å². The largest absolute Gasteiger partial charge is 0.378 e. The normalized spacial score (nSPS) is 18.7. The molecule has 2 aliphatic heterocycles. The minimum absolute atomic E-state index is 0.349. The Bertz CT molecular complexity index is 1180. The molecule has 2 aromatic carbocycles. The Morgan fingerprint density at radius 2 is 1.70 bits per heavy atom. The highest BCUT2D eigenvalue weighted by Crippen LogP contribution is 2.36. The van der Waals surface area contributed by atoms with Gasteiger partial charge in [-0.2, -0.15) is 0 Å². The Balaban J connectivity index is 1.36. The number of imidazole rings is 1. The standard InChI is InChI=1S/C24H23N5O/c1-2-4-17(5-3-1)21-8-9-23-27-20-7-6-18(14-22(20)29(21)23)19-15-25-24(26-16-19)28-10-12-30-13-11-28/h1-7,14-16,21H,8-13H2/t21-/m0/s1. The molecule has 30 heavy (non-hydrogen) atoms. The number of morpholine rings is 1. The third-order valence-corrected chi connectivity index (χ3v) is 6.17. The van der Waals surface area contributed by atoms with Crippen LogP contribution in [0.5, 0.6) is 0 Å². The molecule has 0 N–H and O–H groups in total. The third kappa shape index (κ3) is 2.95. The predicted molar refractivity (Wildman–Crippen MR) is 117 cm³/mol. The Morgan fingerprint density at radius 1 is 0.900 bits per heavy atom. The van der Waals surface area contributed by atoms with Gasteiger partial charge in [0.2, 0.25) is 5.95 Å². The molecule has 1 saturated heterocycles. The van der Waals surface area contributed by atoms with Crippen molar-refractivity contribution in [3.63, 3.8) is 0 Å². The van der Waals surface area contributed by atoms with Crippen molar-refractivity contribution in [3.05, 3.63) is 72.3 Å². The molecule has 6 nitrogen and oxygen atoms in total. The first-order chi connectivity index (χ1) is 14.9. The lowest BCUT2D eigenvalue weighted by molar-refractivity contribution is 0.122. The van der Waals surface area contributed by atoms with Crippen LogP contribution >= 0.6 is 0 Å². The van der Waals surface area contributed by atoms with Crippen molar-refractivity contribution < 1.29 is 4.74 Å². The van der Waals surface area contributed by atoms with Crippen molar-refractivity contribution in [2.75, 3.05) is 31.2 Å². The molecule has 150 valence electrons. The van der Waals surface area contributed by atoms with E-state index in [9.17, 15) is 0 Å². The average molecular weight is 397 g/mol. The van der Waals surface area contributed by atoms with Crippen LogP contribution in [-0.4, -0.2) is 45.8 Å². The Hall–Kier alpha value is -3.25. The van der Waals surface area contributed by atoms with Gasteiger partial charge >= 0.3 is 0 Å². The summed E-state index contributed by atoms with van der Waals surface area (Å²) in [6.45, 7) is 3.15. The van der Waals surface area contributed by atoms with Crippen LogP contribution in [0.15, 0.2) is 60.9 Å². The number of ether oxygens (including phenoxy) is 1. The Labute approximate surface area is 175 Å². The fourth-order valence-electron chi connectivity index (χ4n) is 4.63. The summed E-state index contributed by atoms with van der Waals surface area (Å²) in [6, 6.07) is 17.6. The minimum Gasteiger partial charge on any atom is -0.378 e. The monoisotopic (exact) mass is 397 g/mol. The molecule has 0 spiro atoms. The van der Waals surface area contributed by atoms with E-state index in [2.05, 4.69) is 68.0 Å². The van der Waals surface area contributed by atoms with Crippen LogP contribution in [0, 0.1) is 0 Å². The molecular formula is C24H23N5O. The molecule has 6 heteroatoms. The topological polar surface area (TPSA) is 56.1 Å². The van der Waals surface area contributed by atoms with Gasteiger partial charge in [-0.1, -0.05) is 36.4 Å². The van der Waals surface area contributed by atoms with E-state index in [-0.39, 0.29) is 0 Å². The van der Waals surface area contributed by atoms with Crippen LogP contribution in [0.4, 0.5) is 5.95 Å². The smallest absolute Gasteiger partial charge is 0.225 e. The van der Waals surface area contributed by atoms with Gasteiger partial charge in [0, 0.05) is 37.5 Å². The second-order valence-corrected chi connectivity index (χ2v) is 7.94. The second kappa shape index (κ2) is 7.22. The number of aromatic nitrogens is 4. The fraction of sp³-hybridized carbons (Fsp3) is 0.292. The maximum Gasteiger partial charge on any atom is 0.225 e. The summed E-state index contributed by atoms with van der Waals surface area (Å²) in [6.07, 6.45) is 5.97. The van der Waals surface area contributed by atoms with Gasteiger partial charge in [0.25, 0.3) is 0 Å². The zero-order chi connectivity index (χ0) is 19.9. The first kappa shape index (κ1) is 17.6. The van der Waals surface area contributed by atoms with Crippen molar-refractivity contribution in [1.82, 2.24) is 19.5 Å². The lowest BCUT2D eigenvalue weighted by Gasteiger charge is -2.26. The number of benzene rings is 2. The molecule has 1 atom stereocenters. The van der Waals surface area contributed by atoms with E-state index >= 15 is 0 Å². The van der Waals surface area contributed by atoms with Gasteiger partial charge in [-0.3, -0.25) is 0 Å². The highest BCUT2D eigenvalue weighted by atomic mass is 16.5. The number of nitrogens with zero attached hydrogens (tertiary/aromatic N) is 5. The summed E-state index contributed by atoms with van der Waals surface area (Å²) in [4.78, 5) is 16.3. The van der Waals surface area contributed by atoms with Gasteiger partial charge in [-0.05, 0) is 29.7 Å². The molecular weight excluding hydrogens is 374 g/mol. The lowest BCUT2D eigenvalue weighted by atomic mass is 10.0. The summed E-state index contributed by atoms with van der Waals surface area (Å²) in [7, 11) is 0. The van der Waals surface area contributed by atoms with Crippen LogP contribution in [-0.2, 0) is 11.2 Å². The van der Waals surface area contributed by atoms with Gasteiger partial charge < -0.3 is 14.2 Å².